The first-order valence-corrected chi connectivity index (χ1v) is 6.74. The second kappa shape index (κ2) is 3.35. The van der Waals surface area contributed by atoms with Gasteiger partial charge >= 0.3 is 0 Å². The maximum absolute atomic E-state index is 2.41. The SMILES string of the molecule is CC1(c2ccc(C3(C)CCC3)cc2)CCC1. The van der Waals surface area contributed by atoms with Crippen LogP contribution in [0.5, 0.6) is 0 Å². The zero-order valence-corrected chi connectivity index (χ0v) is 10.6. The molecule has 0 bridgehead atoms. The van der Waals surface area contributed by atoms with Crippen LogP contribution in [0.1, 0.15) is 63.5 Å². The van der Waals surface area contributed by atoms with Crippen LogP contribution in [-0.2, 0) is 10.8 Å². The van der Waals surface area contributed by atoms with Crippen LogP contribution in [0.2, 0.25) is 0 Å². The molecule has 16 heavy (non-hydrogen) atoms. The molecule has 0 saturated heterocycles. The zero-order valence-electron chi connectivity index (χ0n) is 10.6. The molecule has 2 saturated carbocycles. The molecule has 0 unspecified atom stereocenters. The molecule has 0 heterocycles. The summed E-state index contributed by atoms with van der Waals surface area (Å²) in [5, 5.41) is 0. The average molecular weight is 214 g/mol. The Morgan fingerprint density at radius 1 is 0.688 bits per heavy atom. The minimum Gasteiger partial charge on any atom is -0.0582 e. The van der Waals surface area contributed by atoms with Gasteiger partial charge in [-0.15, -0.1) is 0 Å². The lowest BCUT2D eigenvalue weighted by Gasteiger charge is -2.41. The number of benzene rings is 1. The summed E-state index contributed by atoms with van der Waals surface area (Å²) < 4.78 is 0. The van der Waals surface area contributed by atoms with E-state index in [9.17, 15) is 0 Å². The topological polar surface area (TPSA) is 0 Å². The standard InChI is InChI=1S/C16H22/c1-15(9-3-10-15)13-5-7-14(8-6-13)16(2)11-4-12-16/h5-8H,3-4,9-12H2,1-2H3. The lowest BCUT2D eigenvalue weighted by Crippen LogP contribution is -2.32. The molecule has 3 rings (SSSR count). The summed E-state index contributed by atoms with van der Waals surface area (Å²) in [4.78, 5) is 0. The van der Waals surface area contributed by atoms with Gasteiger partial charge in [-0.25, -0.2) is 0 Å². The van der Waals surface area contributed by atoms with E-state index in [0.717, 1.165) is 0 Å². The molecule has 0 nitrogen and oxygen atoms in total. The Balaban J connectivity index is 1.85. The molecule has 1 aromatic rings. The van der Waals surface area contributed by atoms with E-state index in [2.05, 4.69) is 38.1 Å². The second-order valence-corrected chi connectivity index (χ2v) is 6.41. The Morgan fingerprint density at radius 3 is 1.19 bits per heavy atom. The predicted octanol–water partition coefficient (Wildman–Crippen LogP) is 4.57. The number of hydrogen-bond donors (Lipinski definition) is 0. The molecule has 2 aliphatic carbocycles. The first-order valence-electron chi connectivity index (χ1n) is 6.74. The van der Waals surface area contributed by atoms with Gasteiger partial charge in [-0.3, -0.25) is 0 Å². The van der Waals surface area contributed by atoms with Crippen molar-refractivity contribution >= 4 is 0 Å². The van der Waals surface area contributed by atoms with E-state index in [0.29, 0.717) is 10.8 Å². The van der Waals surface area contributed by atoms with Crippen LogP contribution in [0, 0.1) is 0 Å². The van der Waals surface area contributed by atoms with Crippen LogP contribution < -0.4 is 0 Å². The Labute approximate surface area is 99.1 Å². The van der Waals surface area contributed by atoms with Crippen molar-refractivity contribution in [1.82, 2.24) is 0 Å². The molecule has 0 aromatic heterocycles. The monoisotopic (exact) mass is 214 g/mol. The highest BCUT2D eigenvalue weighted by atomic mass is 14.4. The summed E-state index contributed by atoms with van der Waals surface area (Å²) in [5.74, 6) is 0. The largest absolute Gasteiger partial charge is 0.0582 e. The summed E-state index contributed by atoms with van der Waals surface area (Å²) in [6, 6.07) is 9.55. The van der Waals surface area contributed by atoms with E-state index >= 15 is 0 Å². The van der Waals surface area contributed by atoms with Crippen molar-refractivity contribution in [2.45, 2.75) is 63.2 Å². The van der Waals surface area contributed by atoms with Crippen molar-refractivity contribution in [3.8, 4) is 0 Å². The first-order chi connectivity index (χ1) is 7.62. The summed E-state index contributed by atoms with van der Waals surface area (Å²) in [5.41, 5.74) is 4.12. The van der Waals surface area contributed by atoms with Gasteiger partial charge < -0.3 is 0 Å². The highest BCUT2D eigenvalue weighted by Gasteiger charge is 2.35. The fraction of sp³-hybridized carbons (Fsp3) is 0.625. The molecule has 0 amide bonds. The highest BCUT2D eigenvalue weighted by molar-refractivity contribution is 5.34. The van der Waals surface area contributed by atoms with Gasteiger partial charge in [-0.05, 0) is 47.6 Å². The van der Waals surface area contributed by atoms with Gasteiger partial charge in [-0.2, -0.15) is 0 Å². The molecule has 0 atom stereocenters. The van der Waals surface area contributed by atoms with Crippen molar-refractivity contribution in [3.05, 3.63) is 35.4 Å². The maximum atomic E-state index is 2.41. The molecule has 0 N–H and O–H groups in total. The predicted molar refractivity (Wildman–Crippen MR) is 68.8 cm³/mol. The zero-order chi connectivity index (χ0) is 11.2. The normalized spacial score (nSPS) is 25.6. The van der Waals surface area contributed by atoms with Crippen LogP contribution in [-0.4, -0.2) is 0 Å². The fourth-order valence-corrected chi connectivity index (χ4v) is 3.27. The van der Waals surface area contributed by atoms with Crippen molar-refractivity contribution in [3.63, 3.8) is 0 Å². The fourth-order valence-electron chi connectivity index (χ4n) is 3.27. The molecule has 0 radical (unpaired) electrons. The van der Waals surface area contributed by atoms with Gasteiger partial charge in [0.15, 0.2) is 0 Å². The average Bonchev–Trinajstić information content (AvgIpc) is 2.23. The summed E-state index contributed by atoms with van der Waals surface area (Å²) >= 11 is 0. The number of hydrogen-bond acceptors (Lipinski definition) is 0. The Hall–Kier alpha value is -0.780. The highest BCUT2D eigenvalue weighted by Crippen LogP contribution is 2.46. The lowest BCUT2D eigenvalue weighted by molar-refractivity contribution is 0.266. The quantitative estimate of drug-likeness (QED) is 0.676. The van der Waals surface area contributed by atoms with Gasteiger partial charge in [0.05, 0.1) is 0 Å². The molecule has 86 valence electrons. The van der Waals surface area contributed by atoms with E-state index < -0.39 is 0 Å². The van der Waals surface area contributed by atoms with Crippen molar-refractivity contribution in [2.24, 2.45) is 0 Å². The van der Waals surface area contributed by atoms with E-state index in [1.807, 2.05) is 0 Å². The molecule has 2 aliphatic rings. The van der Waals surface area contributed by atoms with Crippen LogP contribution in [0.4, 0.5) is 0 Å². The van der Waals surface area contributed by atoms with E-state index in [1.165, 1.54) is 38.5 Å². The number of rotatable bonds is 2. The third kappa shape index (κ3) is 1.43. The summed E-state index contributed by atoms with van der Waals surface area (Å²) in [6.45, 7) is 4.83. The van der Waals surface area contributed by atoms with Crippen molar-refractivity contribution in [2.75, 3.05) is 0 Å². The third-order valence-corrected chi connectivity index (χ3v) is 5.19. The maximum Gasteiger partial charge on any atom is -0.00752 e. The molecule has 0 aliphatic heterocycles. The smallest absolute Gasteiger partial charge is 0.00752 e. The Bertz CT molecular complexity index is 338. The Morgan fingerprint density at radius 2 is 1.00 bits per heavy atom. The van der Waals surface area contributed by atoms with Crippen molar-refractivity contribution in [1.29, 1.82) is 0 Å². The molecule has 0 spiro atoms. The Kier molecular flexibility index (Phi) is 2.18. The van der Waals surface area contributed by atoms with Gasteiger partial charge in [0, 0.05) is 0 Å². The van der Waals surface area contributed by atoms with E-state index in [1.54, 1.807) is 11.1 Å². The minimum absolute atomic E-state index is 0.499. The lowest BCUT2D eigenvalue weighted by atomic mass is 9.63. The van der Waals surface area contributed by atoms with Gasteiger partial charge in [-0.1, -0.05) is 51.0 Å². The minimum atomic E-state index is 0.499. The van der Waals surface area contributed by atoms with E-state index in [4.69, 9.17) is 0 Å². The summed E-state index contributed by atoms with van der Waals surface area (Å²) in [7, 11) is 0. The van der Waals surface area contributed by atoms with E-state index in [-0.39, 0.29) is 0 Å². The van der Waals surface area contributed by atoms with Crippen LogP contribution in [0.3, 0.4) is 0 Å². The van der Waals surface area contributed by atoms with Crippen molar-refractivity contribution < 1.29 is 0 Å². The van der Waals surface area contributed by atoms with Crippen LogP contribution in [0.25, 0.3) is 0 Å². The van der Waals surface area contributed by atoms with Gasteiger partial charge in [0.25, 0.3) is 0 Å². The van der Waals surface area contributed by atoms with Crippen LogP contribution >= 0.6 is 0 Å². The third-order valence-electron chi connectivity index (χ3n) is 5.19. The molecule has 0 heteroatoms. The van der Waals surface area contributed by atoms with Crippen LogP contribution in [0.15, 0.2) is 24.3 Å². The molecule has 2 fully saturated rings. The molecular formula is C16H22. The first kappa shape index (κ1) is 10.4. The van der Waals surface area contributed by atoms with Gasteiger partial charge in [0.1, 0.15) is 0 Å². The second-order valence-electron chi connectivity index (χ2n) is 6.41. The van der Waals surface area contributed by atoms with Gasteiger partial charge in [0.2, 0.25) is 0 Å². The molecular weight excluding hydrogens is 192 g/mol. The molecule has 1 aromatic carbocycles. The summed E-state index contributed by atoms with van der Waals surface area (Å²) in [6.07, 6.45) is 8.34.